The molecular formula is C23H24N4O4. The molecule has 0 aliphatic carbocycles. The van der Waals surface area contributed by atoms with Crippen LogP contribution in [0.15, 0.2) is 59.3 Å². The molecule has 2 aromatic heterocycles. The molecule has 0 saturated carbocycles. The van der Waals surface area contributed by atoms with Crippen LogP contribution in [0.3, 0.4) is 0 Å². The van der Waals surface area contributed by atoms with Crippen LogP contribution in [-0.4, -0.2) is 45.0 Å². The zero-order valence-corrected chi connectivity index (χ0v) is 17.1. The van der Waals surface area contributed by atoms with Crippen molar-refractivity contribution in [3.05, 3.63) is 66.2 Å². The fourth-order valence-electron chi connectivity index (χ4n) is 3.52. The van der Waals surface area contributed by atoms with E-state index in [1.807, 2.05) is 24.3 Å². The van der Waals surface area contributed by atoms with Crippen molar-refractivity contribution in [1.29, 1.82) is 0 Å². The minimum Gasteiger partial charge on any atom is -0.447 e. The van der Waals surface area contributed by atoms with Crippen LogP contribution in [0, 0.1) is 0 Å². The molecule has 8 nitrogen and oxygen atoms in total. The first-order valence-corrected chi connectivity index (χ1v) is 10.5. The normalized spacial score (nSPS) is 14.8. The average Bonchev–Trinajstić information content (AvgIpc) is 3.32. The second-order valence-corrected chi connectivity index (χ2v) is 7.39. The maximum absolute atomic E-state index is 13.1. The number of pyridine rings is 1. The molecule has 1 saturated heterocycles. The van der Waals surface area contributed by atoms with Crippen molar-refractivity contribution in [2.45, 2.75) is 38.2 Å². The van der Waals surface area contributed by atoms with Crippen molar-refractivity contribution in [1.82, 2.24) is 20.0 Å². The zero-order chi connectivity index (χ0) is 21.5. The van der Waals surface area contributed by atoms with Gasteiger partial charge in [-0.25, -0.2) is 0 Å². The first kappa shape index (κ1) is 20.7. The van der Waals surface area contributed by atoms with Gasteiger partial charge in [-0.05, 0) is 31.4 Å². The Morgan fingerprint density at radius 3 is 2.55 bits per heavy atom. The van der Waals surface area contributed by atoms with Crippen LogP contribution in [-0.2, 0) is 20.7 Å². The number of benzene rings is 1. The van der Waals surface area contributed by atoms with Crippen LogP contribution < -0.4 is 0 Å². The number of rotatable bonds is 7. The Hall–Kier alpha value is -3.55. The van der Waals surface area contributed by atoms with Gasteiger partial charge < -0.3 is 14.2 Å². The van der Waals surface area contributed by atoms with Gasteiger partial charge in [0.25, 0.3) is 5.91 Å². The van der Waals surface area contributed by atoms with Gasteiger partial charge in [-0.3, -0.25) is 14.6 Å². The zero-order valence-electron chi connectivity index (χ0n) is 17.1. The van der Waals surface area contributed by atoms with Crippen LogP contribution in [0.4, 0.5) is 0 Å². The van der Waals surface area contributed by atoms with Crippen LogP contribution >= 0.6 is 0 Å². The number of piperidine rings is 1. The molecule has 1 aliphatic rings. The second kappa shape index (κ2) is 9.97. The molecule has 3 heterocycles. The Morgan fingerprint density at radius 1 is 1.03 bits per heavy atom. The van der Waals surface area contributed by atoms with Gasteiger partial charge in [0.15, 0.2) is 0 Å². The standard InChI is InChI=1S/C23H24N4O4/c28-20(13-12-19-25-22(26-31-19)18-11-5-6-14-24-18)30-21(17-9-3-1-4-10-17)23(29)27-15-7-2-8-16-27/h1,3-6,9-11,14,21H,2,7-8,12-13,15-16H2. The Kier molecular flexibility index (Phi) is 6.66. The molecule has 1 atom stereocenters. The molecule has 160 valence electrons. The lowest BCUT2D eigenvalue weighted by molar-refractivity contribution is -0.161. The molecule has 0 spiro atoms. The molecular weight excluding hydrogens is 396 g/mol. The quantitative estimate of drug-likeness (QED) is 0.541. The molecule has 3 aromatic rings. The molecule has 0 N–H and O–H groups in total. The number of likely N-dealkylation sites (tertiary alicyclic amines) is 1. The summed E-state index contributed by atoms with van der Waals surface area (Å²) < 4.78 is 10.9. The van der Waals surface area contributed by atoms with Crippen LogP contribution in [0.5, 0.6) is 0 Å². The lowest BCUT2D eigenvalue weighted by atomic mass is 10.1. The molecule has 1 aromatic carbocycles. The van der Waals surface area contributed by atoms with E-state index in [2.05, 4.69) is 15.1 Å². The van der Waals surface area contributed by atoms with Gasteiger partial charge in [0.1, 0.15) is 5.69 Å². The number of esters is 1. The lowest BCUT2D eigenvalue weighted by Crippen LogP contribution is -2.40. The molecule has 0 bridgehead atoms. The van der Waals surface area contributed by atoms with Crippen molar-refractivity contribution in [3.8, 4) is 11.5 Å². The third kappa shape index (κ3) is 5.33. The number of nitrogens with zero attached hydrogens (tertiary/aromatic N) is 4. The molecule has 1 unspecified atom stereocenters. The Morgan fingerprint density at radius 2 is 1.81 bits per heavy atom. The maximum Gasteiger partial charge on any atom is 0.307 e. The first-order valence-electron chi connectivity index (χ1n) is 10.5. The van der Waals surface area contributed by atoms with Gasteiger partial charge in [0.2, 0.25) is 17.8 Å². The molecule has 1 amide bonds. The van der Waals surface area contributed by atoms with Gasteiger partial charge in [-0.1, -0.05) is 41.6 Å². The van der Waals surface area contributed by atoms with Crippen molar-refractivity contribution in [2.24, 2.45) is 0 Å². The number of carbonyl (C=O) groups excluding carboxylic acids is 2. The molecule has 0 radical (unpaired) electrons. The highest BCUT2D eigenvalue weighted by Crippen LogP contribution is 2.23. The number of aryl methyl sites for hydroxylation is 1. The number of carbonyl (C=O) groups is 2. The minimum atomic E-state index is -0.946. The number of hydrogen-bond donors (Lipinski definition) is 0. The summed E-state index contributed by atoms with van der Waals surface area (Å²) >= 11 is 0. The Bertz CT molecular complexity index is 1000. The van der Waals surface area contributed by atoms with Crippen LogP contribution in [0.25, 0.3) is 11.5 Å². The summed E-state index contributed by atoms with van der Waals surface area (Å²) in [5.74, 6) is 0.0221. The molecule has 1 aliphatic heterocycles. The predicted octanol–water partition coefficient (Wildman–Crippen LogP) is 3.36. The minimum absolute atomic E-state index is 0.0282. The number of amides is 1. The number of ether oxygens (including phenoxy) is 1. The van der Waals surface area contributed by atoms with Crippen molar-refractivity contribution in [3.63, 3.8) is 0 Å². The van der Waals surface area contributed by atoms with Gasteiger partial charge in [-0.15, -0.1) is 0 Å². The first-order chi connectivity index (χ1) is 15.2. The van der Waals surface area contributed by atoms with E-state index in [0.29, 0.717) is 36.1 Å². The lowest BCUT2D eigenvalue weighted by Gasteiger charge is -2.30. The van der Waals surface area contributed by atoms with Gasteiger partial charge in [0.05, 0.1) is 6.42 Å². The summed E-state index contributed by atoms with van der Waals surface area (Å²) in [6.45, 7) is 1.38. The average molecular weight is 420 g/mol. The van der Waals surface area contributed by atoms with Crippen LogP contribution in [0.1, 0.15) is 43.2 Å². The topological polar surface area (TPSA) is 98.4 Å². The number of aromatic nitrogens is 3. The summed E-state index contributed by atoms with van der Waals surface area (Å²) in [5.41, 5.74) is 1.26. The van der Waals surface area contributed by atoms with E-state index in [-0.39, 0.29) is 18.7 Å². The van der Waals surface area contributed by atoms with E-state index in [0.717, 1.165) is 19.3 Å². The summed E-state index contributed by atoms with van der Waals surface area (Å²) in [5, 5.41) is 3.90. The third-order valence-electron chi connectivity index (χ3n) is 5.15. The Balaban J connectivity index is 1.39. The van der Waals surface area contributed by atoms with Gasteiger partial charge >= 0.3 is 5.97 Å². The summed E-state index contributed by atoms with van der Waals surface area (Å²) in [6, 6.07) is 14.5. The highest BCUT2D eigenvalue weighted by molar-refractivity contribution is 5.85. The van der Waals surface area contributed by atoms with Crippen molar-refractivity contribution < 1.29 is 18.8 Å². The Labute approximate surface area is 180 Å². The van der Waals surface area contributed by atoms with E-state index < -0.39 is 12.1 Å². The van der Waals surface area contributed by atoms with E-state index in [9.17, 15) is 9.59 Å². The smallest absolute Gasteiger partial charge is 0.307 e. The highest BCUT2D eigenvalue weighted by Gasteiger charge is 2.30. The van der Waals surface area contributed by atoms with Crippen molar-refractivity contribution >= 4 is 11.9 Å². The molecule has 4 rings (SSSR count). The van der Waals surface area contributed by atoms with Crippen molar-refractivity contribution in [2.75, 3.05) is 13.1 Å². The van der Waals surface area contributed by atoms with E-state index in [4.69, 9.17) is 9.26 Å². The summed E-state index contributed by atoms with van der Waals surface area (Å²) in [4.78, 5) is 35.9. The van der Waals surface area contributed by atoms with Gasteiger partial charge in [-0.2, -0.15) is 4.98 Å². The van der Waals surface area contributed by atoms with Gasteiger partial charge in [0, 0.05) is 31.3 Å². The van der Waals surface area contributed by atoms with E-state index >= 15 is 0 Å². The number of hydrogen-bond acceptors (Lipinski definition) is 7. The fraction of sp³-hybridized carbons (Fsp3) is 0.348. The third-order valence-corrected chi connectivity index (χ3v) is 5.15. The monoisotopic (exact) mass is 420 g/mol. The van der Waals surface area contributed by atoms with Crippen LogP contribution in [0.2, 0.25) is 0 Å². The maximum atomic E-state index is 13.1. The second-order valence-electron chi connectivity index (χ2n) is 7.39. The molecule has 1 fully saturated rings. The molecule has 31 heavy (non-hydrogen) atoms. The summed E-state index contributed by atoms with van der Waals surface area (Å²) in [7, 11) is 0. The summed E-state index contributed by atoms with van der Waals surface area (Å²) in [6.07, 6.45) is 4.00. The predicted molar refractivity (Wildman–Crippen MR) is 112 cm³/mol. The fourth-order valence-corrected chi connectivity index (χ4v) is 3.52. The molecule has 8 heteroatoms. The van der Waals surface area contributed by atoms with E-state index in [1.54, 1.807) is 35.4 Å². The van der Waals surface area contributed by atoms with E-state index in [1.165, 1.54) is 0 Å². The highest BCUT2D eigenvalue weighted by atomic mass is 16.5. The SMILES string of the molecule is O=C(CCc1nc(-c2ccccn2)no1)OC(C(=O)N1CCCCC1)c1ccccc1. The largest absolute Gasteiger partial charge is 0.447 e.